The van der Waals surface area contributed by atoms with Gasteiger partial charge in [0.05, 0.1) is 30.5 Å². The molecule has 37 heavy (non-hydrogen) atoms. The monoisotopic (exact) mass is 513 g/mol. The van der Waals surface area contributed by atoms with E-state index in [9.17, 15) is 4.79 Å². The van der Waals surface area contributed by atoms with Gasteiger partial charge in [-0.25, -0.2) is 4.79 Å². The van der Waals surface area contributed by atoms with Gasteiger partial charge in [0.25, 0.3) is 0 Å². The van der Waals surface area contributed by atoms with Gasteiger partial charge in [0.15, 0.2) is 5.11 Å². The van der Waals surface area contributed by atoms with Gasteiger partial charge in [-0.05, 0) is 86.7 Å². The van der Waals surface area contributed by atoms with E-state index in [0.717, 1.165) is 22.7 Å². The van der Waals surface area contributed by atoms with Gasteiger partial charge in [0.1, 0.15) is 23.3 Å². The number of carbonyl (C=O) groups is 1. The van der Waals surface area contributed by atoms with Crippen LogP contribution in [0.1, 0.15) is 47.7 Å². The van der Waals surface area contributed by atoms with Gasteiger partial charge in [-0.2, -0.15) is 0 Å². The molecule has 7 nitrogen and oxygen atoms in total. The standard InChI is InChI=1S/C29H27N3O4S/c1-18(2)35-22-12-10-21(11-13-22)32-27(26(31-29(32)37)23-9-4-5-16-30-23)25-15-14-24(36-25)19-7-6-8-20(17-19)28(33)34-3/h4-18,26-27H,1-3H3,(H,31,37). The van der Waals surface area contributed by atoms with Crippen LogP contribution in [0.3, 0.4) is 0 Å². The summed E-state index contributed by atoms with van der Waals surface area (Å²) in [6, 6.07) is 24.2. The smallest absolute Gasteiger partial charge is 0.337 e. The maximum atomic E-state index is 12.0. The normalized spacial score (nSPS) is 17.1. The van der Waals surface area contributed by atoms with E-state index in [2.05, 4.69) is 10.3 Å². The van der Waals surface area contributed by atoms with Crippen molar-refractivity contribution in [3.8, 4) is 17.1 Å². The second-order valence-corrected chi connectivity index (χ2v) is 9.32. The second kappa shape index (κ2) is 10.4. The van der Waals surface area contributed by atoms with Crippen LogP contribution < -0.4 is 15.0 Å². The van der Waals surface area contributed by atoms with Gasteiger partial charge in [0, 0.05) is 17.4 Å². The van der Waals surface area contributed by atoms with E-state index in [1.54, 1.807) is 24.4 Å². The van der Waals surface area contributed by atoms with Crippen molar-refractivity contribution in [1.82, 2.24) is 10.3 Å². The van der Waals surface area contributed by atoms with Crippen LogP contribution in [0.5, 0.6) is 5.75 Å². The summed E-state index contributed by atoms with van der Waals surface area (Å²) < 4.78 is 17.1. The van der Waals surface area contributed by atoms with E-state index in [1.165, 1.54) is 7.11 Å². The molecule has 1 aliphatic heterocycles. The summed E-state index contributed by atoms with van der Waals surface area (Å²) in [5.41, 5.74) is 2.99. The summed E-state index contributed by atoms with van der Waals surface area (Å²) in [5.74, 6) is 1.74. The quantitative estimate of drug-likeness (QED) is 0.235. The molecule has 1 saturated heterocycles. The molecule has 1 aliphatic rings. The molecule has 188 valence electrons. The molecule has 4 aromatic rings. The Morgan fingerprint density at radius 1 is 1.05 bits per heavy atom. The topological polar surface area (TPSA) is 76.8 Å². The van der Waals surface area contributed by atoms with Crippen LogP contribution in [0.4, 0.5) is 5.69 Å². The van der Waals surface area contributed by atoms with Crippen LogP contribution in [0.15, 0.2) is 89.5 Å². The number of nitrogens with one attached hydrogen (secondary N) is 1. The number of ether oxygens (including phenoxy) is 2. The highest BCUT2D eigenvalue weighted by Gasteiger charge is 2.42. The van der Waals surface area contributed by atoms with Crippen molar-refractivity contribution >= 4 is 29.0 Å². The number of aromatic nitrogens is 1. The van der Waals surface area contributed by atoms with E-state index in [4.69, 9.17) is 26.1 Å². The number of anilines is 1. The lowest BCUT2D eigenvalue weighted by atomic mass is 10.0. The minimum Gasteiger partial charge on any atom is -0.491 e. The number of rotatable bonds is 7. The maximum Gasteiger partial charge on any atom is 0.337 e. The highest BCUT2D eigenvalue weighted by atomic mass is 32.1. The van der Waals surface area contributed by atoms with Gasteiger partial charge in [-0.15, -0.1) is 0 Å². The Morgan fingerprint density at radius 3 is 2.57 bits per heavy atom. The summed E-state index contributed by atoms with van der Waals surface area (Å²) in [4.78, 5) is 18.7. The van der Waals surface area contributed by atoms with E-state index in [1.807, 2.05) is 79.4 Å². The molecule has 0 saturated carbocycles. The predicted molar refractivity (Wildman–Crippen MR) is 146 cm³/mol. The molecular formula is C29H27N3O4S. The van der Waals surface area contributed by atoms with Crippen LogP contribution in [0, 0.1) is 0 Å². The first kappa shape index (κ1) is 24.5. The number of benzene rings is 2. The molecule has 2 atom stereocenters. The minimum atomic E-state index is -0.398. The molecule has 2 unspecified atom stereocenters. The molecule has 1 fully saturated rings. The Balaban J connectivity index is 1.54. The van der Waals surface area contributed by atoms with Crippen LogP contribution in [0.2, 0.25) is 0 Å². The van der Waals surface area contributed by atoms with Crippen molar-refractivity contribution in [3.05, 3.63) is 102 Å². The van der Waals surface area contributed by atoms with Crippen molar-refractivity contribution < 1.29 is 18.7 Å². The average Bonchev–Trinajstić information content (AvgIpc) is 3.54. The van der Waals surface area contributed by atoms with Gasteiger partial charge >= 0.3 is 5.97 Å². The number of esters is 1. The molecule has 2 aromatic carbocycles. The average molecular weight is 514 g/mol. The zero-order valence-corrected chi connectivity index (χ0v) is 21.6. The summed E-state index contributed by atoms with van der Waals surface area (Å²) in [7, 11) is 1.36. The van der Waals surface area contributed by atoms with Gasteiger partial charge in [-0.3, -0.25) is 4.98 Å². The number of hydrogen-bond acceptors (Lipinski definition) is 6. The van der Waals surface area contributed by atoms with Crippen molar-refractivity contribution in [2.75, 3.05) is 12.0 Å². The Morgan fingerprint density at radius 2 is 1.86 bits per heavy atom. The van der Waals surface area contributed by atoms with Crippen molar-refractivity contribution in [3.63, 3.8) is 0 Å². The van der Waals surface area contributed by atoms with Crippen LogP contribution in [0.25, 0.3) is 11.3 Å². The zero-order valence-electron chi connectivity index (χ0n) is 20.8. The van der Waals surface area contributed by atoms with Gasteiger partial charge < -0.3 is 24.1 Å². The van der Waals surface area contributed by atoms with Gasteiger partial charge in [0.2, 0.25) is 0 Å². The molecule has 5 rings (SSSR count). The first-order valence-electron chi connectivity index (χ1n) is 12.0. The fourth-order valence-corrected chi connectivity index (χ4v) is 4.81. The molecule has 0 amide bonds. The fraction of sp³-hybridized carbons (Fsp3) is 0.207. The number of nitrogens with zero attached hydrogens (tertiary/aromatic N) is 2. The summed E-state index contributed by atoms with van der Waals surface area (Å²) in [5, 5.41) is 4.01. The van der Waals surface area contributed by atoms with E-state index in [-0.39, 0.29) is 18.2 Å². The van der Waals surface area contributed by atoms with E-state index < -0.39 is 5.97 Å². The maximum absolute atomic E-state index is 12.0. The van der Waals surface area contributed by atoms with Crippen molar-refractivity contribution in [2.45, 2.75) is 32.0 Å². The third-order valence-electron chi connectivity index (χ3n) is 6.07. The molecule has 0 radical (unpaired) electrons. The highest BCUT2D eigenvalue weighted by molar-refractivity contribution is 7.80. The Labute approximate surface area is 221 Å². The van der Waals surface area contributed by atoms with Crippen molar-refractivity contribution in [1.29, 1.82) is 0 Å². The van der Waals surface area contributed by atoms with Crippen molar-refractivity contribution in [2.24, 2.45) is 0 Å². The van der Waals surface area contributed by atoms with E-state index in [0.29, 0.717) is 22.2 Å². The molecular weight excluding hydrogens is 486 g/mol. The summed E-state index contributed by atoms with van der Waals surface area (Å²) >= 11 is 5.80. The van der Waals surface area contributed by atoms with Crippen LogP contribution in [-0.2, 0) is 4.74 Å². The number of thiocarbonyl (C=S) groups is 1. The molecule has 2 aromatic heterocycles. The lowest BCUT2D eigenvalue weighted by Crippen LogP contribution is -2.29. The number of pyridine rings is 1. The number of carbonyl (C=O) groups excluding carboxylic acids is 1. The minimum absolute atomic E-state index is 0.0842. The van der Waals surface area contributed by atoms with E-state index >= 15 is 0 Å². The third kappa shape index (κ3) is 5.06. The fourth-order valence-electron chi connectivity index (χ4n) is 4.46. The SMILES string of the molecule is COC(=O)c1cccc(-c2ccc(C3C(c4ccccn4)NC(=S)N3c3ccc(OC(C)C)cc3)o2)c1. The Bertz CT molecular complexity index is 1400. The zero-order chi connectivity index (χ0) is 25.9. The lowest BCUT2D eigenvalue weighted by Gasteiger charge is -2.26. The number of furan rings is 1. The summed E-state index contributed by atoms with van der Waals surface area (Å²) in [6.07, 6.45) is 1.85. The lowest BCUT2D eigenvalue weighted by molar-refractivity contribution is 0.0600. The van der Waals surface area contributed by atoms with Crippen LogP contribution in [-0.4, -0.2) is 29.3 Å². The molecule has 3 heterocycles. The first-order chi connectivity index (χ1) is 17.9. The van der Waals surface area contributed by atoms with Crippen LogP contribution >= 0.6 is 12.2 Å². The molecule has 0 spiro atoms. The largest absolute Gasteiger partial charge is 0.491 e. The first-order valence-corrected chi connectivity index (χ1v) is 12.4. The number of methoxy groups -OCH3 is 1. The Kier molecular flexibility index (Phi) is 6.92. The second-order valence-electron chi connectivity index (χ2n) is 8.93. The molecule has 0 aliphatic carbocycles. The van der Waals surface area contributed by atoms with Gasteiger partial charge in [-0.1, -0.05) is 18.2 Å². The predicted octanol–water partition coefficient (Wildman–Crippen LogP) is 6.09. The Hall–Kier alpha value is -4.17. The summed E-state index contributed by atoms with van der Waals surface area (Å²) in [6.45, 7) is 3.99. The molecule has 0 bridgehead atoms. The molecule has 1 N–H and O–H groups in total. The highest BCUT2D eigenvalue weighted by Crippen LogP contribution is 2.43. The molecule has 8 heteroatoms. The third-order valence-corrected chi connectivity index (χ3v) is 6.39. The number of hydrogen-bond donors (Lipinski definition) is 1.